The van der Waals surface area contributed by atoms with Crippen LogP contribution in [0.3, 0.4) is 0 Å². The molecule has 0 amide bonds. The predicted octanol–water partition coefficient (Wildman–Crippen LogP) is 2.69. The molecular weight excluding hydrogens is 214 g/mol. The Labute approximate surface area is 91.9 Å². The van der Waals surface area contributed by atoms with E-state index in [2.05, 4.69) is 0 Å². The van der Waals surface area contributed by atoms with E-state index in [4.69, 9.17) is 16.7 Å². The summed E-state index contributed by atoms with van der Waals surface area (Å²) in [5, 5.41) is 10.2. The Bertz CT molecular complexity index is 531. The van der Waals surface area contributed by atoms with Crippen LogP contribution in [0.4, 0.5) is 0 Å². The predicted molar refractivity (Wildman–Crippen MR) is 59.3 cm³/mol. The maximum Gasteiger partial charge on any atom is 0.323 e. The molecule has 0 aliphatic rings. The molecule has 0 saturated heterocycles. The number of nitrogens with zero attached hydrogens (tertiary/aromatic N) is 1. The largest absolute Gasteiger partial charge is 0.480 e. The van der Waals surface area contributed by atoms with E-state index in [1.54, 1.807) is 10.6 Å². The molecule has 15 heavy (non-hydrogen) atoms. The summed E-state index contributed by atoms with van der Waals surface area (Å²) in [7, 11) is 0. The Morgan fingerprint density at radius 2 is 2.20 bits per heavy atom. The van der Waals surface area contributed by atoms with Crippen LogP contribution in [-0.4, -0.2) is 15.6 Å². The van der Waals surface area contributed by atoms with E-state index in [9.17, 15) is 4.79 Å². The van der Waals surface area contributed by atoms with Gasteiger partial charge in [-0.3, -0.25) is 4.79 Å². The monoisotopic (exact) mass is 223 g/mol. The van der Waals surface area contributed by atoms with Crippen LogP contribution < -0.4 is 0 Å². The number of aliphatic carboxylic acids is 1. The van der Waals surface area contributed by atoms with Gasteiger partial charge in [0.25, 0.3) is 0 Å². The van der Waals surface area contributed by atoms with Crippen LogP contribution in [-0.2, 0) is 11.3 Å². The van der Waals surface area contributed by atoms with Crippen molar-refractivity contribution in [2.24, 2.45) is 0 Å². The quantitative estimate of drug-likeness (QED) is 0.851. The van der Waals surface area contributed by atoms with Crippen molar-refractivity contribution in [3.05, 3.63) is 35.0 Å². The summed E-state index contributed by atoms with van der Waals surface area (Å²) >= 11 is 5.96. The van der Waals surface area contributed by atoms with E-state index in [-0.39, 0.29) is 6.54 Å². The molecule has 1 N–H and O–H groups in total. The molecule has 0 bridgehead atoms. The number of aromatic nitrogens is 1. The standard InChI is InChI=1S/C11H10ClNO2/c1-7-2-3-9-8(4-7)5-10(12)13(9)6-11(14)15/h2-5H,6H2,1H3,(H,14,15). The minimum absolute atomic E-state index is 0.106. The van der Waals surface area contributed by atoms with Crippen LogP contribution in [0.15, 0.2) is 24.3 Å². The van der Waals surface area contributed by atoms with Gasteiger partial charge in [-0.05, 0) is 25.1 Å². The molecule has 0 atom stereocenters. The van der Waals surface area contributed by atoms with Crippen LogP contribution in [0.5, 0.6) is 0 Å². The Morgan fingerprint density at radius 3 is 2.87 bits per heavy atom. The number of benzene rings is 1. The first-order valence-corrected chi connectivity index (χ1v) is 4.93. The van der Waals surface area contributed by atoms with Gasteiger partial charge < -0.3 is 9.67 Å². The fourth-order valence-corrected chi connectivity index (χ4v) is 1.92. The van der Waals surface area contributed by atoms with E-state index in [0.717, 1.165) is 16.5 Å². The molecule has 1 aromatic carbocycles. The maximum atomic E-state index is 10.7. The number of carbonyl (C=O) groups is 1. The zero-order valence-corrected chi connectivity index (χ0v) is 8.95. The smallest absolute Gasteiger partial charge is 0.323 e. The molecule has 0 saturated carbocycles. The number of carboxylic acids is 1. The molecule has 0 aliphatic heterocycles. The van der Waals surface area contributed by atoms with Gasteiger partial charge in [-0.1, -0.05) is 23.2 Å². The fourth-order valence-electron chi connectivity index (χ4n) is 1.65. The normalized spacial score (nSPS) is 10.8. The lowest BCUT2D eigenvalue weighted by atomic mass is 10.2. The van der Waals surface area contributed by atoms with Crippen LogP contribution in [0.25, 0.3) is 10.9 Å². The highest BCUT2D eigenvalue weighted by molar-refractivity contribution is 6.31. The van der Waals surface area contributed by atoms with Crippen molar-refractivity contribution in [1.82, 2.24) is 4.57 Å². The zero-order valence-electron chi connectivity index (χ0n) is 8.20. The molecular formula is C11H10ClNO2. The van der Waals surface area contributed by atoms with Gasteiger partial charge in [-0.15, -0.1) is 0 Å². The summed E-state index contributed by atoms with van der Waals surface area (Å²) in [5.74, 6) is -0.894. The lowest BCUT2D eigenvalue weighted by molar-refractivity contribution is -0.137. The van der Waals surface area contributed by atoms with Crippen LogP contribution in [0.1, 0.15) is 5.56 Å². The number of halogens is 1. The minimum atomic E-state index is -0.894. The van der Waals surface area contributed by atoms with Crippen molar-refractivity contribution >= 4 is 28.5 Å². The summed E-state index contributed by atoms with van der Waals surface area (Å²) in [6.45, 7) is 1.88. The van der Waals surface area contributed by atoms with Gasteiger partial charge in [0.05, 0.1) is 0 Å². The van der Waals surface area contributed by atoms with Gasteiger partial charge in [-0.2, -0.15) is 0 Å². The number of hydrogen-bond donors (Lipinski definition) is 1. The zero-order chi connectivity index (χ0) is 11.0. The highest BCUT2D eigenvalue weighted by atomic mass is 35.5. The molecule has 78 valence electrons. The highest BCUT2D eigenvalue weighted by Crippen LogP contribution is 2.24. The van der Waals surface area contributed by atoms with Crippen LogP contribution in [0.2, 0.25) is 5.15 Å². The molecule has 0 radical (unpaired) electrons. The third-order valence-corrected chi connectivity index (χ3v) is 2.61. The molecule has 0 unspecified atom stereocenters. The second-order valence-corrected chi connectivity index (χ2v) is 3.90. The number of carboxylic acid groups (broad SMARTS) is 1. The lowest BCUT2D eigenvalue weighted by Gasteiger charge is -2.02. The highest BCUT2D eigenvalue weighted by Gasteiger charge is 2.09. The van der Waals surface area contributed by atoms with Gasteiger partial charge >= 0.3 is 5.97 Å². The Kier molecular flexibility index (Phi) is 2.40. The molecule has 0 fully saturated rings. The van der Waals surface area contributed by atoms with Crippen LogP contribution in [0, 0.1) is 6.92 Å². The van der Waals surface area contributed by atoms with Crippen LogP contribution >= 0.6 is 11.6 Å². The molecule has 0 spiro atoms. The number of fused-ring (bicyclic) bond motifs is 1. The lowest BCUT2D eigenvalue weighted by Crippen LogP contribution is -2.08. The third-order valence-electron chi connectivity index (χ3n) is 2.30. The summed E-state index contributed by atoms with van der Waals surface area (Å²) in [5.41, 5.74) is 1.99. The first-order chi connectivity index (χ1) is 7.08. The van der Waals surface area contributed by atoms with Gasteiger partial charge in [-0.25, -0.2) is 0 Å². The SMILES string of the molecule is Cc1ccc2c(c1)cc(Cl)n2CC(=O)O. The Morgan fingerprint density at radius 1 is 1.47 bits per heavy atom. The third kappa shape index (κ3) is 1.83. The first-order valence-electron chi connectivity index (χ1n) is 4.55. The van der Waals surface area contributed by atoms with E-state index in [0.29, 0.717) is 5.15 Å². The van der Waals surface area contributed by atoms with E-state index < -0.39 is 5.97 Å². The van der Waals surface area contributed by atoms with E-state index >= 15 is 0 Å². The number of hydrogen-bond acceptors (Lipinski definition) is 1. The Balaban J connectivity index is 2.63. The fraction of sp³-hybridized carbons (Fsp3) is 0.182. The molecule has 2 rings (SSSR count). The van der Waals surface area contributed by atoms with Crippen molar-refractivity contribution in [3.8, 4) is 0 Å². The summed E-state index contributed by atoms with van der Waals surface area (Å²) in [6, 6.07) is 7.60. The molecule has 1 aromatic heterocycles. The molecule has 3 nitrogen and oxygen atoms in total. The van der Waals surface area contributed by atoms with E-state index in [1.807, 2.05) is 25.1 Å². The molecule has 0 aliphatic carbocycles. The number of rotatable bonds is 2. The summed E-state index contributed by atoms with van der Waals surface area (Å²) in [6.07, 6.45) is 0. The number of aryl methyl sites for hydroxylation is 1. The van der Waals surface area contributed by atoms with Crippen molar-refractivity contribution in [3.63, 3.8) is 0 Å². The van der Waals surface area contributed by atoms with Crippen molar-refractivity contribution < 1.29 is 9.90 Å². The summed E-state index contributed by atoms with van der Waals surface area (Å²) < 4.78 is 1.58. The Hall–Kier alpha value is -1.48. The minimum Gasteiger partial charge on any atom is -0.480 e. The van der Waals surface area contributed by atoms with Crippen molar-refractivity contribution in [1.29, 1.82) is 0 Å². The van der Waals surface area contributed by atoms with Gasteiger partial charge in [0.1, 0.15) is 11.7 Å². The molecule has 1 heterocycles. The van der Waals surface area contributed by atoms with Gasteiger partial charge in [0, 0.05) is 10.9 Å². The topological polar surface area (TPSA) is 42.2 Å². The first kappa shape index (κ1) is 10.1. The molecule has 4 heteroatoms. The van der Waals surface area contributed by atoms with Gasteiger partial charge in [0.2, 0.25) is 0 Å². The maximum absolute atomic E-state index is 10.7. The molecule has 2 aromatic rings. The van der Waals surface area contributed by atoms with Gasteiger partial charge in [0.15, 0.2) is 0 Å². The van der Waals surface area contributed by atoms with Crippen molar-refractivity contribution in [2.75, 3.05) is 0 Å². The second kappa shape index (κ2) is 3.59. The average molecular weight is 224 g/mol. The summed E-state index contributed by atoms with van der Waals surface area (Å²) in [4.78, 5) is 10.7. The second-order valence-electron chi connectivity index (χ2n) is 3.51. The van der Waals surface area contributed by atoms with Crippen molar-refractivity contribution in [2.45, 2.75) is 13.5 Å². The van der Waals surface area contributed by atoms with E-state index in [1.165, 1.54) is 0 Å². The average Bonchev–Trinajstić information content (AvgIpc) is 2.41.